The molecule has 1 atom stereocenters. The minimum atomic E-state index is 0.505. The third-order valence-corrected chi connectivity index (χ3v) is 3.15. The van der Waals surface area contributed by atoms with Crippen LogP contribution in [0.5, 0.6) is 0 Å². The lowest BCUT2D eigenvalue weighted by atomic mass is 10.1. The topological polar surface area (TPSA) is 49.8 Å². The molecule has 0 aliphatic rings. The predicted octanol–water partition coefficient (Wildman–Crippen LogP) is 3.46. The normalized spacial score (nSPS) is 12.2. The van der Waals surface area contributed by atoms with Crippen molar-refractivity contribution in [2.45, 2.75) is 58.9 Å². The number of nitrogens with zero attached hydrogens (tertiary/aromatic N) is 2. The molecule has 0 aliphatic heterocycles. The number of hydrogen-bond acceptors (Lipinski definition) is 4. The molecule has 0 saturated heterocycles. The molecule has 18 heavy (non-hydrogen) atoms. The minimum Gasteiger partial charge on any atom is -0.373 e. The van der Waals surface area contributed by atoms with E-state index in [1.54, 1.807) is 6.33 Å². The maximum absolute atomic E-state index is 4.41. The van der Waals surface area contributed by atoms with Crippen molar-refractivity contribution in [2.75, 3.05) is 17.7 Å². The van der Waals surface area contributed by atoms with Gasteiger partial charge in [0.05, 0.1) is 0 Å². The molecule has 1 unspecified atom stereocenters. The summed E-state index contributed by atoms with van der Waals surface area (Å²) in [5.74, 6) is 1.94. The zero-order valence-electron chi connectivity index (χ0n) is 12.1. The average Bonchev–Trinajstić information content (AvgIpc) is 2.40. The van der Waals surface area contributed by atoms with E-state index in [2.05, 4.69) is 41.4 Å². The number of aromatic nitrogens is 2. The Bertz CT molecular complexity index is 352. The highest BCUT2D eigenvalue weighted by Crippen LogP contribution is 2.23. The van der Waals surface area contributed by atoms with Crippen molar-refractivity contribution in [3.8, 4) is 0 Å². The monoisotopic (exact) mass is 250 g/mol. The van der Waals surface area contributed by atoms with Crippen molar-refractivity contribution in [3.63, 3.8) is 0 Å². The molecule has 0 aromatic carbocycles. The van der Waals surface area contributed by atoms with Gasteiger partial charge < -0.3 is 10.6 Å². The van der Waals surface area contributed by atoms with Gasteiger partial charge in [-0.2, -0.15) is 0 Å². The van der Waals surface area contributed by atoms with Crippen molar-refractivity contribution in [1.82, 2.24) is 9.97 Å². The Morgan fingerprint density at radius 2 is 1.83 bits per heavy atom. The summed E-state index contributed by atoms with van der Waals surface area (Å²) >= 11 is 0. The molecular weight excluding hydrogens is 224 g/mol. The molecule has 2 N–H and O–H groups in total. The van der Waals surface area contributed by atoms with Crippen LogP contribution in [0.4, 0.5) is 11.6 Å². The molecule has 1 rings (SSSR count). The summed E-state index contributed by atoms with van der Waals surface area (Å²) < 4.78 is 0. The summed E-state index contributed by atoms with van der Waals surface area (Å²) in [5, 5.41) is 6.72. The van der Waals surface area contributed by atoms with Crippen molar-refractivity contribution < 1.29 is 0 Å². The molecule has 0 saturated carbocycles. The fraction of sp³-hybridized carbons (Fsp3) is 0.714. The van der Waals surface area contributed by atoms with Crippen LogP contribution in [0.1, 0.15) is 52.0 Å². The third-order valence-electron chi connectivity index (χ3n) is 3.15. The molecule has 1 heterocycles. The Balaban J connectivity index is 2.92. The van der Waals surface area contributed by atoms with E-state index in [4.69, 9.17) is 0 Å². The first-order valence-corrected chi connectivity index (χ1v) is 7.04. The van der Waals surface area contributed by atoms with Crippen molar-refractivity contribution in [2.24, 2.45) is 0 Å². The SMILES string of the molecule is CCCc1c(NC)ncnc1NC(CC)CCC. The van der Waals surface area contributed by atoms with Gasteiger partial charge in [0.25, 0.3) is 0 Å². The van der Waals surface area contributed by atoms with E-state index in [9.17, 15) is 0 Å². The van der Waals surface area contributed by atoms with Crippen LogP contribution in [-0.4, -0.2) is 23.1 Å². The lowest BCUT2D eigenvalue weighted by molar-refractivity contribution is 0.619. The van der Waals surface area contributed by atoms with Gasteiger partial charge in [0.15, 0.2) is 0 Å². The highest BCUT2D eigenvalue weighted by Gasteiger charge is 2.12. The van der Waals surface area contributed by atoms with E-state index in [-0.39, 0.29) is 0 Å². The standard InChI is InChI=1S/C14H26N4/c1-5-8-11(7-3)18-14-12(9-6-2)13(15-4)16-10-17-14/h10-11H,5-9H2,1-4H3,(H2,15,16,17,18). The second-order valence-electron chi connectivity index (χ2n) is 4.59. The van der Waals surface area contributed by atoms with E-state index in [1.165, 1.54) is 18.4 Å². The van der Waals surface area contributed by atoms with Crippen LogP contribution in [-0.2, 0) is 6.42 Å². The van der Waals surface area contributed by atoms with Gasteiger partial charge in [-0.15, -0.1) is 0 Å². The van der Waals surface area contributed by atoms with E-state index < -0.39 is 0 Å². The molecule has 0 bridgehead atoms. The summed E-state index contributed by atoms with van der Waals surface area (Å²) in [7, 11) is 1.91. The molecule has 102 valence electrons. The van der Waals surface area contributed by atoms with Gasteiger partial charge in [0, 0.05) is 18.7 Å². The first kappa shape index (κ1) is 14.7. The first-order valence-electron chi connectivity index (χ1n) is 7.04. The minimum absolute atomic E-state index is 0.505. The van der Waals surface area contributed by atoms with Crippen LogP contribution in [0.25, 0.3) is 0 Å². The van der Waals surface area contributed by atoms with Gasteiger partial charge in [-0.1, -0.05) is 33.6 Å². The fourth-order valence-corrected chi connectivity index (χ4v) is 2.16. The second-order valence-corrected chi connectivity index (χ2v) is 4.59. The Morgan fingerprint density at radius 3 is 2.39 bits per heavy atom. The smallest absolute Gasteiger partial charge is 0.134 e. The van der Waals surface area contributed by atoms with Crippen LogP contribution in [0.15, 0.2) is 6.33 Å². The lowest BCUT2D eigenvalue weighted by Crippen LogP contribution is -2.20. The summed E-state index contributed by atoms with van der Waals surface area (Å²) in [6.45, 7) is 6.61. The molecule has 0 fully saturated rings. The first-order chi connectivity index (χ1) is 8.76. The molecule has 1 aromatic heterocycles. The number of nitrogens with one attached hydrogen (secondary N) is 2. The summed E-state index contributed by atoms with van der Waals surface area (Å²) in [5.41, 5.74) is 1.21. The quantitative estimate of drug-likeness (QED) is 0.742. The van der Waals surface area contributed by atoms with Crippen LogP contribution in [0.3, 0.4) is 0 Å². The van der Waals surface area contributed by atoms with Crippen LogP contribution < -0.4 is 10.6 Å². The van der Waals surface area contributed by atoms with E-state index in [1.807, 2.05) is 7.05 Å². The Hall–Kier alpha value is -1.32. The predicted molar refractivity (Wildman–Crippen MR) is 78.2 cm³/mol. The van der Waals surface area contributed by atoms with Crippen molar-refractivity contribution in [3.05, 3.63) is 11.9 Å². The van der Waals surface area contributed by atoms with Gasteiger partial charge in [-0.05, 0) is 19.3 Å². The third kappa shape index (κ3) is 3.86. The average molecular weight is 250 g/mol. The zero-order chi connectivity index (χ0) is 13.4. The van der Waals surface area contributed by atoms with Gasteiger partial charge in [0.2, 0.25) is 0 Å². The Morgan fingerprint density at radius 1 is 1.11 bits per heavy atom. The van der Waals surface area contributed by atoms with Crippen molar-refractivity contribution in [1.29, 1.82) is 0 Å². The number of hydrogen-bond donors (Lipinski definition) is 2. The molecule has 0 amide bonds. The zero-order valence-corrected chi connectivity index (χ0v) is 12.1. The van der Waals surface area contributed by atoms with Crippen LogP contribution in [0.2, 0.25) is 0 Å². The summed E-state index contributed by atoms with van der Waals surface area (Å²) in [6, 6.07) is 0.505. The van der Waals surface area contributed by atoms with Gasteiger partial charge in [-0.3, -0.25) is 0 Å². The molecule has 4 heteroatoms. The Kier molecular flexibility index (Phi) is 6.47. The number of rotatable bonds is 8. The molecule has 4 nitrogen and oxygen atoms in total. The molecule has 0 aliphatic carbocycles. The largest absolute Gasteiger partial charge is 0.373 e. The van der Waals surface area contributed by atoms with Gasteiger partial charge in [0.1, 0.15) is 18.0 Å². The fourth-order valence-electron chi connectivity index (χ4n) is 2.16. The molecule has 1 aromatic rings. The second kappa shape index (κ2) is 7.90. The van der Waals surface area contributed by atoms with Crippen LogP contribution in [0, 0.1) is 0 Å². The van der Waals surface area contributed by atoms with Crippen molar-refractivity contribution >= 4 is 11.6 Å². The van der Waals surface area contributed by atoms with E-state index in [0.717, 1.165) is 30.9 Å². The highest BCUT2D eigenvalue weighted by atomic mass is 15.1. The summed E-state index contributed by atoms with van der Waals surface area (Å²) in [6.07, 6.45) is 7.23. The maximum Gasteiger partial charge on any atom is 0.134 e. The van der Waals surface area contributed by atoms with E-state index >= 15 is 0 Å². The Labute approximate surface area is 111 Å². The van der Waals surface area contributed by atoms with Crippen LogP contribution >= 0.6 is 0 Å². The molecule has 0 spiro atoms. The molecule has 0 radical (unpaired) electrons. The van der Waals surface area contributed by atoms with E-state index in [0.29, 0.717) is 6.04 Å². The lowest BCUT2D eigenvalue weighted by Gasteiger charge is -2.20. The maximum atomic E-state index is 4.41. The summed E-state index contributed by atoms with van der Waals surface area (Å²) in [4.78, 5) is 8.71. The highest BCUT2D eigenvalue weighted by molar-refractivity contribution is 5.57. The molecular formula is C14H26N4. The number of anilines is 2. The van der Waals surface area contributed by atoms with Gasteiger partial charge >= 0.3 is 0 Å². The van der Waals surface area contributed by atoms with Gasteiger partial charge in [-0.25, -0.2) is 9.97 Å².